The minimum absolute atomic E-state index is 0.0700. The zero-order chi connectivity index (χ0) is 14.8. The van der Waals surface area contributed by atoms with Crippen LogP contribution in [0.2, 0.25) is 0 Å². The molecule has 1 aromatic carbocycles. The number of aliphatic hydroxyl groups is 1. The fourth-order valence-corrected chi connectivity index (χ4v) is 1.77. The lowest BCUT2D eigenvalue weighted by Crippen LogP contribution is -2.19. The first-order chi connectivity index (χ1) is 9.71. The number of nitriles is 1. The van der Waals surface area contributed by atoms with Crippen molar-refractivity contribution in [2.45, 2.75) is 19.4 Å². The number of aliphatic hydroxyl groups excluding tert-OH is 1. The van der Waals surface area contributed by atoms with E-state index >= 15 is 0 Å². The van der Waals surface area contributed by atoms with Crippen molar-refractivity contribution >= 4 is 0 Å². The molecule has 0 unspecified atom stereocenters. The lowest BCUT2D eigenvalue weighted by atomic mass is 10.1. The Morgan fingerprint density at radius 3 is 2.80 bits per heavy atom. The summed E-state index contributed by atoms with van der Waals surface area (Å²) in [6, 6.07) is 7.91. The second-order valence-corrected chi connectivity index (χ2v) is 4.44. The summed E-state index contributed by atoms with van der Waals surface area (Å²) in [6.45, 7) is 1.50. The van der Waals surface area contributed by atoms with E-state index in [-0.39, 0.29) is 6.61 Å². The predicted molar refractivity (Wildman–Crippen MR) is 78.1 cm³/mol. The van der Waals surface area contributed by atoms with Crippen LogP contribution in [0.15, 0.2) is 18.2 Å². The highest BCUT2D eigenvalue weighted by molar-refractivity contribution is 5.45. The van der Waals surface area contributed by atoms with Crippen LogP contribution in [0.3, 0.4) is 0 Å². The van der Waals surface area contributed by atoms with Gasteiger partial charge in [-0.2, -0.15) is 5.26 Å². The molecule has 0 atom stereocenters. The van der Waals surface area contributed by atoms with Crippen molar-refractivity contribution in [3.05, 3.63) is 29.3 Å². The van der Waals surface area contributed by atoms with Crippen molar-refractivity contribution in [2.75, 3.05) is 27.3 Å². The van der Waals surface area contributed by atoms with Gasteiger partial charge in [0.05, 0.1) is 19.8 Å². The predicted octanol–water partition coefficient (Wildman–Crippen LogP) is 1.77. The van der Waals surface area contributed by atoms with Crippen molar-refractivity contribution in [1.29, 1.82) is 5.26 Å². The molecule has 0 aliphatic carbocycles. The quantitative estimate of drug-likeness (QED) is 0.802. The Morgan fingerprint density at radius 2 is 2.15 bits per heavy atom. The molecule has 0 heterocycles. The molecule has 106 valence electrons. The zero-order valence-electron chi connectivity index (χ0n) is 12.0. The van der Waals surface area contributed by atoms with Crippen LogP contribution >= 0.6 is 0 Å². The van der Waals surface area contributed by atoms with Gasteiger partial charge in [0.25, 0.3) is 0 Å². The number of methoxy groups -OCH3 is 1. The standard InChI is InChI=1S/C16H20N2O2/c1-18(10-5-9-17)13-15-12-16(20-2)8-7-14(15)6-3-4-11-19/h7-8,12,19H,4-5,10-11,13H2,1-2H3. The molecule has 0 bridgehead atoms. The van der Waals surface area contributed by atoms with E-state index in [9.17, 15) is 0 Å². The van der Waals surface area contributed by atoms with Gasteiger partial charge in [-0.15, -0.1) is 0 Å². The molecule has 0 radical (unpaired) electrons. The Labute approximate surface area is 120 Å². The maximum atomic E-state index is 8.78. The Bertz CT molecular complexity index is 524. The van der Waals surface area contributed by atoms with Crippen molar-refractivity contribution in [2.24, 2.45) is 0 Å². The van der Waals surface area contributed by atoms with Crippen molar-refractivity contribution in [1.82, 2.24) is 4.90 Å². The van der Waals surface area contributed by atoms with E-state index in [4.69, 9.17) is 15.1 Å². The second-order valence-electron chi connectivity index (χ2n) is 4.44. The number of rotatable bonds is 6. The summed E-state index contributed by atoms with van der Waals surface area (Å²) >= 11 is 0. The topological polar surface area (TPSA) is 56.5 Å². The SMILES string of the molecule is COc1ccc(C#CCCO)c(CN(C)CCC#N)c1. The summed E-state index contributed by atoms with van der Waals surface area (Å²) < 4.78 is 5.24. The van der Waals surface area contributed by atoms with E-state index < -0.39 is 0 Å². The summed E-state index contributed by atoms with van der Waals surface area (Å²) in [6.07, 6.45) is 0.974. The molecular formula is C16H20N2O2. The molecule has 0 saturated carbocycles. The van der Waals surface area contributed by atoms with Gasteiger partial charge in [-0.1, -0.05) is 11.8 Å². The van der Waals surface area contributed by atoms with Crippen LogP contribution in [0.1, 0.15) is 24.0 Å². The van der Waals surface area contributed by atoms with Gasteiger partial charge < -0.3 is 14.7 Å². The summed E-state index contributed by atoms with van der Waals surface area (Å²) in [5.41, 5.74) is 2.00. The van der Waals surface area contributed by atoms with E-state index in [0.717, 1.165) is 23.4 Å². The Morgan fingerprint density at radius 1 is 1.35 bits per heavy atom. The fraction of sp³-hybridized carbons (Fsp3) is 0.438. The summed E-state index contributed by atoms with van der Waals surface area (Å²) in [7, 11) is 3.61. The minimum Gasteiger partial charge on any atom is -0.497 e. The van der Waals surface area contributed by atoms with Crippen LogP contribution in [0, 0.1) is 23.2 Å². The summed E-state index contributed by atoms with van der Waals surface area (Å²) in [5.74, 6) is 6.80. The maximum Gasteiger partial charge on any atom is 0.119 e. The third kappa shape index (κ3) is 5.32. The van der Waals surface area contributed by atoms with Crippen LogP contribution in [-0.2, 0) is 6.54 Å². The zero-order valence-corrected chi connectivity index (χ0v) is 12.0. The Balaban J connectivity index is 2.89. The van der Waals surface area contributed by atoms with Gasteiger partial charge in [-0.05, 0) is 30.8 Å². The third-order valence-corrected chi connectivity index (χ3v) is 2.82. The first-order valence-electron chi connectivity index (χ1n) is 6.53. The van der Waals surface area contributed by atoms with Crippen LogP contribution in [0.5, 0.6) is 5.75 Å². The third-order valence-electron chi connectivity index (χ3n) is 2.82. The molecule has 4 nitrogen and oxygen atoms in total. The first kappa shape index (κ1) is 16.0. The van der Waals surface area contributed by atoms with E-state index in [2.05, 4.69) is 22.8 Å². The van der Waals surface area contributed by atoms with Crippen LogP contribution in [0.25, 0.3) is 0 Å². The van der Waals surface area contributed by atoms with Gasteiger partial charge >= 0.3 is 0 Å². The monoisotopic (exact) mass is 272 g/mol. The molecule has 0 saturated heterocycles. The van der Waals surface area contributed by atoms with Gasteiger partial charge in [0.15, 0.2) is 0 Å². The highest BCUT2D eigenvalue weighted by Crippen LogP contribution is 2.18. The van der Waals surface area contributed by atoms with E-state index in [1.165, 1.54) is 0 Å². The van der Waals surface area contributed by atoms with Gasteiger partial charge in [0.1, 0.15) is 5.75 Å². The molecule has 0 aromatic heterocycles. The molecule has 0 spiro atoms. The number of benzene rings is 1. The molecule has 1 rings (SSSR count). The average Bonchev–Trinajstić information content (AvgIpc) is 2.46. The molecule has 20 heavy (non-hydrogen) atoms. The van der Waals surface area contributed by atoms with Crippen molar-refractivity contribution < 1.29 is 9.84 Å². The highest BCUT2D eigenvalue weighted by Gasteiger charge is 2.06. The van der Waals surface area contributed by atoms with E-state index in [1.54, 1.807) is 7.11 Å². The Kier molecular flexibility index (Phi) is 7.21. The van der Waals surface area contributed by atoms with Crippen LogP contribution < -0.4 is 4.74 Å². The van der Waals surface area contributed by atoms with Crippen LogP contribution in [0.4, 0.5) is 0 Å². The number of hydrogen-bond acceptors (Lipinski definition) is 4. The average molecular weight is 272 g/mol. The molecule has 0 aliphatic rings. The molecule has 0 fully saturated rings. The van der Waals surface area contributed by atoms with Crippen molar-refractivity contribution in [3.63, 3.8) is 0 Å². The Hall–Kier alpha value is -2.01. The van der Waals surface area contributed by atoms with Gasteiger partial charge in [-0.25, -0.2) is 0 Å². The van der Waals surface area contributed by atoms with Gasteiger partial charge in [0, 0.05) is 31.5 Å². The van der Waals surface area contributed by atoms with E-state index in [1.807, 2.05) is 25.2 Å². The normalized spacial score (nSPS) is 9.75. The first-order valence-corrected chi connectivity index (χ1v) is 6.53. The maximum absolute atomic E-state index is 8.78. The van der Waals surface area contributed by atoms with Gasteiger partial charge in [-0.3, -0.25) is 0 Å². The summed E-state index contributed by atoms with van der Waals surface area (Å²) in [4.78, 5) is 2.08. The smallest absolute Gasteiger partial charge is 0.119 e. The largest absolute Gasteiger partial charge is 0.497 e. The van der Waals surface area contributed by atoms with Gasteiger partial charge in [0.2, 0.25) is 0 Å². The van der Waals surface area contributed by atoms with E-state index in [0.29, 0.717) is 19.4 Å². The minimum atomic E-state index is 0.0700. The molecule has 4 heteroatoms. The molecular weight excluding hydrogens is 252 g/mol. The second kappa shape index (κ2) is 8.98. The fourth-order valence-electron chi connectivity index (χ4n) is 1.77. The highest BCUT2D eigenvalue weighted by atomic mass is 16.5. The molecule has 1 aromatic rings. The number of ether oxygens (including phenoxy) is 1. The lowest BCUT2D eigenvalue weighted by Gasteiger charge is -2.16. The van der Waals surface area contributed by atoms with Crippen LogP contribution in [-0.4, -0.2) is 37.3 Å². The number of nitrogens with zero attached hydrogens (tertiary/aromatic N) is 2. The van der Waals surface area contributed by atoms with Crippen molar-refractivity contribution in [3.8, 4) is 23.7 Å². The molecule has 1 N–H and O–H groups in total. The number of hydrogen-bond donors (Lipinski definition) is 1. The lowest BCUT2D eigenvalue weighted by molar-refractivity contribution is 0.305. The summed E-state index contributed by atoms with van der Waals surface area (Å²) in [5, 5.41) is 17.4. The molecule has 0 aliphatic heterocycles. The molecule has 0 amide bonds.